The molecule has 34 heavy (non-hydrogen) atoms. The summed E-state index contributed by atoms with van der Waals surface area (Å²) in [6, 6.07) is 21.5. The van der Waals surface area contributed by atoms with Gasteiger partial charge in [-0.25, -0.2) is 14.6 Å². The second kappa shape index (κ2) is 9.50. The first-order valence-electron chi connectivity index (χ1n) is 10.6. The molecule has 1 heterocycles. The molecular weight excluding hydrogens is 432 g/mol. The third-order valence-corrected chi connectivity index (χ3v) is 5.48. The molecule has 1 aromatic heterocycles. The molecule has 8 heteroatoms. The number of fused-ring (bicyclic) bond motifs is 1. The van der Waals surface area contributed by atoms with Crippen LogP contribution in [0.3, 0.4) is 0 Å². The Kier molecular flexibility index (Phi) is 6.31. The number of aliphatic imine (C=N–C) groups is 1. The molecule has 0 atom stereocenters. The lowest BCUT2D eigenvalue weighted by Crippen LogP contribution is -2.34. The van der Waals surface area contributed by atoms with E-state index in [2.05, 4.69) is 10.3 Å². The van der Waals surface area contributed by atoms with Crippen LogP contribution in [0.5, 0.6) is 5.88 Å². The van der Waals surface area contributed by atoms with Crippen molar-refractivity contribution >= 4 is 40.0 Å². The van der Waals surface area contributed by atoms with Crippen molar-refractivity contribution in [3.8, 4) is 5.88 Å². The summed E-state index contributed by atoms with van der Waals surface area (Å²) in [6.07, 6.45) is 0. The highest BCUT2D eigenvalue weighted by atomic mass is 16.5. The van der Waals surface area contributed by atoms with E-state index in [-0.39, 0.29) is 11.9 Å². The van der Waals surface area contributed by atoms with E-state index in [9.17, 15) is 14.7 Å². The lowest BCUT2D eigenvalue weighted by atomic mass is 10.00. The zero-order valence-electron chi connectivity index (χ0n) is 19.0. The number of aromatic hydroxyl groups is 1. The lowest BCUT2D eigenvalue weighted by Gasteiger charge is -2.16. The summed E-state index contributed by atoms with van der Waals surface area (Å²) in [7, 11) is 4.58. The highest BCUT2D eigenvalue weighted by Gasteiger charge is 2.20. The summed E-state index contributed by atoms with van der Waals surface area (Å²) >= 11 is 0. The molecule has 0 aliphatic rings. The normalized spacial score (nSPS) is 11.3. The molecule has 0 radical (unpaired) electrons. The van der Waals surface area contributed by atoms with Crippen molar-refractivity contribution in [2.75, 3.05) is 26.1 Å². The van der Waals surface area contributed by atoms with E-state index in [1.165, 1.54) is 12.0 Å². The van der Waals surface area contributed by atoms with Gasteiger partial charge >= 0.3 is 12.0 Å². The van der Waals surface area contributed by atoms with Gasteiger partial charge in [-0.05, 0) is 36.4 Å². The third kappa shape index (κ3) is 4.33. The van der Waals surface area contributed by atoms with Crippen LogP contribution in [-0.2, 0) is 4.74 Å². The average molecular weight is 457 g/mol. The van der Waals surface area contributed by atoms with Gasteiger partial charge < -0.3 is 20.1 Å². The van der Waals surface area contributed by atoms with E-state index in [0.717, 1.165) is 5.56 Å². The lowest BCUT2D eigenvalue weighted by molar-refractivity contribution is 0.0601. The third-order valence-electron chi connectivity index (χ3n) is 5.48. The number of benzene rings is 3. The Morgan fingerprint density at radius 2 is 1.71 bits per heavy atom. The van der Waals surface area contributed by atoms with Crippen molar-refractivity contribution in [2.24, 2.45) is 4.99 Å². The molecule has 3 N–H and O–H groups in total. The number of hydrogen-bond donors (Lipinski definition) is 3. The van der Waals surface area contributed by atoms with Crippen LogP contribution >= 0.6 is 0 Å². The van der Waals surface area contributed by atoms with Crippen LogP contribution < -0.4 is 10.2 Å². The van der Waals surface area contributed by atoms with E-state index in [1.54, 1.807) is 56.6 Å². The zero-order chi connectivity index (χ0) is 24.2. The molecule has 3 aromatic carbocycles. The predicted octanol–water partition coefficient (Wildman–Crippen LogP) is 4.60. The topological polar surface area (TPSA) is 107 Å². The number of carbonyl (C=O) groups excluding carboxylic acids is 2. The second-order valence-corrected chi connectivity index (χ2v) is 7.56. The van der Waals surface area contributed by atoms with Crippen LogP contribution in [0, 0.1) is 0 Å². The summed E-state index contributed by atoms with van der Waals surface area (Å²) in [5.41, 5.74) is 4.20. The predicted molar refractivity (Wildman–Crippen MR) is 132 cm³/mol. The first kappa shape index (κ1) is 22.6. The number of hydrogen-bond acceptors (Lipinski definition) is 5. The molecule has 0 saturated heterocycles. The van der Waals surface area contributed by atoms with Crippen LogP contribution in [0.15, 0.2) is 77.8 Å². The van der Waals surface area contributed by atoms with Gasteiger partial charge in [0.15, 0.2) is 5.88 Å². The van der Waals surface area contributed by atoms with Crippen molar-refractivity contribution in [1.29, 1.82) is 0 Å². The van der Waals surface area contributed by atoms with Gasteiger partial charge in [-0.3, -0.25) is 4.90 Å². The van der Waals surface area contributed by atoms with E-state index >= 15 is 0 Å². The maximum Gasteiger partial charge on any atom is 0.337 e. The second-order valence-electron chi connectivity index (χ2n) is 7.56. The molecule has 172 valence electrons. The smallest absolute Gasteiger partial charge is 0.337 e. The minimum Gasteiger partial charge on any atom is -0.494 e. The maximum absolute atomic E-state index is 11.9. The summed E-state index contributed by atoms with van der Waals surface area (Å²) in [5.74, 6) is -0.521. The Hall–Kier alpha value is -4.59. The molecule has 0 unspecified atom stereocenters. The number of aromatic nitrogens is 1. The highest BCUT2D eigenvalue weighted by Crippen LogP contribution is 2.32. The van der Waals surface area contributed by atoms with Crippen molar-refractivity contribution in [2.45, 2.75) is 0 Å². The van der Waals surface area contributed by atoms with Gasteiger partial charge in [0.05, 0.1) is 29.6 Å². The zero-order valence-corrected chi connectivity index (χ0v) is 19.0. The molecule has 0 fully saturated rings. The number of methoxy groups -OCH3 is 1. The number of rotatable bonds is 5. The molecule has 2 amide bonds. The molecular formula is C26H24N4O4. The maximum atomic E-state index is 11.9. The number of esters is 1. The fourth-order valence-corrected chi connectivity index (χ4v) is 3.69. The summed E-state index contributed by atoms with van der Waals surface area (Å²) in [4.78, 5) is 33.1. The molecule has 0 aliphatic carbocycles. The van der Waals surface area contributed by atoms with Crippen LogP contribution in [0.2, 0.25) is 0 Å². The molecule has 0 bridgehead atoms. The van der Waals surface area contributed by atoms with Gasteiger partial charge in [0.2, 0.25) is 0 Å². The van der Waals surface area contributed by atoms with Gasteiger partial charge in [-0.1, -0.05) is 36.4 Å². The van der Waals surface area contributed by atoms with Gasteiger partial charge in [0.25, 0.3) is 0 Å². The Balaban J connectivity index is 1.83. The number of H-pyrrole nitrogens is 1. The van der Waals surface area contributed by atoms with E-state index in [4.69, 9.17) is 9.73 Å². The summed E-state index contributed by atoms with van der Waals surface area (Å²) in [5, 5.41) is 14.1. The number of amides is 2. The fourth-order valence-electron chi connectivity index (χ4n) is 3.69. The van der Waals surface area contributed by atoms with Crippen LogP contribution in [0.1, 0.15) is 21.5 Å². The largest absolute Gasteiger partial charge is 0.494 e. The number of ether oxygens (including phenoxy) is 1. The molecule has 8 nitrogen and oxygen atoms in total. The Morgan fingerprint density at radius 1 is 1.00 bits per heavy atom. The summed E-state index contributed by atoms with van der Waals surface area (Å²) in [6.45, 7) is 0. The fraction of sp³-hybridized carbons (Fsp3) is 0.115. The SMILES string of the molecule is CNC(=O)N(C)c1ccc(N=C(c2ccccc2)c2c(O)[nH]c3cc(C(=O)OC)ccc23)cc1. The molecule has 4 rings (SSSR count). The van der Waals surface area contributed by atoms with Gasteiger partial charge in [0, 0.05) is 36.2 Å². The minimum absolute atomic E-state index is 0.0596. The number of nitrogens with one attached hydrogen (secondary N) is 2. The van der Waals surface area contributed by atoms with Crippen molar-refractivity contribution in [3.05, 3.63) is 89.5 Å². The van der Waals surface area contributed by atoms with Crippen molar-refractivity contribution in [3.63, 3.8) is 0 Å². The van der Waals surface area contributed by atoms with Gasteiger partial charge in [-0.2, -0.15) is 0 Å². The number of carbonyl (C=O) groups is 2. The molecule has 0 aliphatic heterocycles. The van der Waals surface area contributed by atoms with Crippen LogP contribution in [0.25, 0.3) is 10.9 Å². The monoisotopic (exact) mass is 456 g/mol. The van der Waals surface area contributed by atoms with Gasteiger partial charge in [0.1, 0.15) is 0 Å². The Labute approximate surface area is 196 Å². The van der Waals surface area contributed by atoms with Crippen LogP contribution in [-0.4, -0.2) is 49.0 Å². The molecule has 4 aromatic rings. The summed E-state index contributed by atoms with van der Waals surface area (Å²) < 4.78 is 4.80. The number of urea groups is 1. The highest BCUT2D eigenvalue weighted by molar-refractivity contribution is 6.22. The standard InChI is InChI=1S/C26H24N4O4/c1-27-26(33)30(2)19-12-10-18(11-13-19)28-23(16-7-5-4-6-8-16)22-20-14-9-17(25(32)34-3)15-21(20)29-24(22)31/h4-15,29,31H,1-3H3,(H,27,33). The van der Waals surface area contributed by atoms with Crippen molar-refractivity contribution in [1.82, 2.24) is 10.3 Å². The van der Waals surface area contributed by atoms with Crippen LogP contribution in [0.4, 0.5) is 16.2 Å². The number of anilines is 1. The Bertz CT molecular complexity index is 1380. The first-order chi connectivity index (χ1) is 16.4. The molecule has 0 spiro atoms. The number of aromatic amines is 1. The minimum atomic E-state index is -0.462. The quantitative estimate of drug-likeness (QED) is 0.301. The first-order valence-corrected chi connectivity index (χ1v) is 10.6. The van der Waals surface area contributed by atoms with E-state index < -0.39 is 5.97 Å². The molecule has 0 saturated carbocycles. The van der Waals surface area contributed by atoms with Crippen molar-refractivity contribution < 1.29 is 19.4 Å². The number of nitrogens with zero attached hydrogens (tertiary/aromatic N) is 2. The van der Waals surface area contributed by atoms with E-state index in [1.807, 2.05) is 30.3 Å². The van der Waals surface area contributed by atoms with Gasteiger partial charge in [-0.15, -0.1) is 0 Å². The van der Waals surface area contributed by atoms with E-state index in [0.29, 0.717) is 39.1 Å². The average Bonchev–Trinajstić information content (AvgIpc) is 3.21. The Morgan fingerprint density at radius 3 is 2.35 bits per heavy atom.